The Morgan fingerprint density at radius 2 is 1.87 bits per heavy atom. The molecule has 1 aromatic rings. The molecule has 0 spiro atoms. The standard InChI is InChI=1S/C11H14N2O2/c1-14-11(15-2)8-12-9-13-10-6-4-3-5-7-10/h3-7,11H,8H2,1-2H3. The first-order valence-electron chi connectivity index (χ1n) is 4.59. The number of rotatable bonds is 5. The minimum Gasteiger partial charge on any atom is -0.354 e. The lowest BCUT2D eigenvalue weighted by molar-refractivity contribution is -0.0936. The normalized spacial score (nSPS) is 9.80. The molecular formula is C11H14N2O2. The molecule has 0 atom stereocenters. The van der Waals surface area contributed by atoms with Gasteiger partial charge in [-0.1, -0.05) is 18.2 Å². The van der Waals surface area contributed by atoms with Crippen molar-refractivity contribution in [1.29, 1.82) is 0 Å². The summed E-state index contributed by atoms with van der Waals surface area (Å²) in [7, 11) is 3.13. The van der Waals surface area contributed by atoms with E-state index in [1.807, 2.05) is 30.3 Å². The predicted molar refractivity (Wildman–Crippen MR) is 58.6 cm³/mol. The molecule has 0 unspecified atom stereocenters. The lowest BCUT2D eigenvalue weighted by Crippen LogP contribution is -2.16. The first-order valence-corrected chi connectivity index (χ1v) is 4.59. The third-order valence-corrected chi connectivity index (χ3v) is 1.77. The highest BCUT2D eigenvalue weighted by atomic mass is 16.7. The number of nitrogens with zero attached hydrogens (tertiary/aromatic N) is 2. The van der Waals surface area contributed by atoms with E-state index in [0.717, 1.165) is 5.69 Å². The summed E-state index contributed by atoms with van der Waals surface area (Å²) in [5.74, 6) is 0. The molecule has 0 heterocycles. The van der Waals surface area contributed by atoms with Gasteiger partial charge < -0.3 is 9.47 Å². The summed E-state index contributed by atoms with van der Waals surface area (Å²) in [6.07, 6.45) is -0.330. The number of ether oxygens (including phenoxy) is 2. The fraction of sp³-hybridized carbons (Fsp3) is 0.364. The Kier molecular flexibility index (Phi) is 5.33. The van der Waals surface area contributed by atoms with E-state index >= 15 is 0 Å². The van der Waals surface area contributed by atoms with E-state index < -0.39 is 0 Å². The van der Waals surface area contributed by atoms with Crippen LogP contribution in [-0.2, 0) is 9.47 Å². The van der Waals surface area contributed by atoms with E-state index in [2.05, 4.69) is 16.0 Å². The van der Waals surface area contributed by atoms with E-state index in [0.29, 0.717) is 6.54 Å². The molecular weight excluding hydrogens is 192 g/mol. The Labute approximate surface area is 89.3 Å². The third kappa shape index (κ3) is 4.51. The van der Waals surface area contributed by atoms with Crippen molar-refractivity contribution < 1.29 is 9.47 Å². The molecule has 0 saturated heterocycles. The van der Waals surface area contributed by atoms with Gasteiger partial charge in [-0.3, -0.25) is 0 Å². The molecule has 4 nitrogen and oxygen atoms in total. The van der Waals surface area contributed by atoms with Gasteiger partial charge in [-0.15, -0.1) is 0 Å². The molecule has 0 aliphatic carbocycles. The molecule has 0 aliphatic heterocycles. The number of para-hydroxylation sites is 1. The summed E-state index contributed by atoms with van der Waals surface area (Å²) >= 11 is 0. The van der Waals surface area contributed by atoms with Gasteiger partial charge in [0.05, 0.1) is 11.7 Å². The molecule has 0 N–H and O–H groups in total. The van der Waals surface area contributed by atoms with E-state index in [9.17, 15) is 0 Å². The Hall–Kier alpha value is -1.48. The average Bonchev–Trinajstić information content (AvgIpc) is 2.31. The van der Waals surface area contributed by atoms with Gasteiger partial charge in [-0.25, -0.2) is 4.99 Å². The van der Waals surface area contributed by atoms with Crippen LogP contribution in [0.25, 0.3) is 0 Å². The molecule has 0 amide bonds. The van der Waals surface area contributed by atoms with Gasteiger partial charge in [0.15, 0.2) is 6.29 Å². The first kappa shape index (κ1) is 11.6. The maximum absolute atomic E-state index is 4.95. The Bertz CT molecular complexity index is 328. The van der Waals surface area contributed by atoms with Crippen molar-refractivity contribution in [2.24, 2.45) is 9.98 Å². The molecule has 0 radical (unpaired) electrons. The Balaban J connectivity index is 2.47. The molecule has 0 fully saturated rings. The van der Waals surface area contributed by atoms with E-state index in [1.54, 1.807) is 14.2 Å². The quantitative estimate of drug-likeness (QED) is 0.547. The fourth-order valence-electron chi connectivity index (χ4n) is 0.956. The SMILES string of the molecule is COC(CN=C=Nc1ccccc1)OC. The van der Waals surface area contributed by atoms with E-state index in [4.69, 9.17) is 9.47 Å². The smallest absolute Gasteiger partial charge is 0.177 e. The maximum atomic E-state index is 4.95. The van der Waals surface area contributed by atoms with Gasteiger partial charge in [0.1, 0.15) is 6.54 Å². The highest BCUT2D eigenvalue weighted by Crippen LogP contribution is 2.07. The molecule has 80 valence electrons. The summed E-state index contributed by atoms with van der Waals surface area (Å²) in [5, 5.41) is 0. The van der Waals surface area contributed by atoms with Crippen LogP contribution < -0.4 is 0 Å². The zero-order valence-corrected chi connectivity index (χ0v) is 8.88. The van der Waals surface area contributed by atoms with Gasteiger partial charge in [-0.05, 0) is 12.1 Å². The Morgan fingerprint density at radius 1 is 1.20 bits per heavy atom. The third-order valence-electron chi connectivity index (χ3n) is 1.77. The molecule has 15 heavy (non-hydrogen) atoms. The maximum Gasteiger partial charge on any atom is 0.177 e. The van der Waals surface area contributed by atoms with Crippen LogP contribution in [0.2, 0.25) is 0 Å². The molecule has 1 aromatic carbocycles. The van der Waals surface area contributed by atoms with Gasteiger partial charge in [0.25, 0.3) is 0 Å². The summed E-state index contributed by atoms with van der Waals surface area (Å²) < 4.78 is 9.91. The minimum absolute atomic E-state index is 0.330. The minimum atomic E-state index is -0.330. The van der Waals surface area contributed by atoms with Gasteiger partial charge in [0, 0.05) is 14.2 Å². The van der Waals surface area contributed by atoms with Gasteiger partial charge >= 0.3 is 0 Å². The number of aliphatic imine (C=N–C) groups is 2. The van der Waals surface area contributed by atoms with Crippen LogP contribution in [-0.4, -0.2) is 33.1 Å². The number of benzene rings is 1. The second-order valence-electron chi connectivity index (χ2n) is 2.79. The van der Waals surface area contributed by atoms with Crippen molar-refractivity contribution in [1.82, 2.24) is 0 Å². The van der Waals surface area contributed by atoms with Crippen molar-refractivity contribution in [3.63, 3.8) is 0 Å². The topological polar surface area (TPSA) is 43.2 Å². The largest absolute Gasteiger partial charge is 0.354 e. The van der Waals surface area contributed by atoms with E-state index in [-0.39, 0.29) is 6.29 Å². The van der Waals surface area contributed by atoms with Crippen LogP contribution in [0.5, 0.6) is 0 Å². The van der Waals surface area contributed by atoms with Crippen molar-refractivity contribution in [2.45, 2.75) is 6.29 Å². The molecule has 0 aliphatic rings. The molecule has 0 saturated carbocycles. The van der Waals surface area contributed by atoms with Crippen LogP contribution in [0.1, 0.15) is 0 Å². The highest BCUT2D eigenvalue weighted by Gasteiger charge is 2.00. The molecule has 4 heteroatoms. The lowest BCUT2D eigenvalue weighted by Gasteiger charge is -2.07. The molecule has 0 aromatic heterocycles. The first-order chi connectivity index (χ1) is 7.36. The van der Waals surface area contributed by atoms with Crippen LogP contribution in [0, 0.1) is 0 Å². The van der Waals surface area contributed by atoms with Crippen LogP contribution in [0.4, 0.5) is 5.69 Å². The predicted octanol–water partition coefficient (Wildman–Crippen LogP) is 2.11. The second-order valence-corrected chi connectivity index (χ2v) is 2.79. The second kappa shape index (κ2) is 6.90. The van der Waals surface area contributed by atoms with Gasteiger partial charge in [0.2, 0.25) is 0 Å². The van der Waals surface area contributed by atoms with Crippen molar-refractivity contribution in [2.75, 3.05) is 20.8 Å². The zero-order chi connectivity index (χ0) is 10.9. The van der Waals surface area contributed by atoms with Crippen molar-refractivity contribution in [3.8, 4) is 0 Å². The van der Waals surface area contributed by atoms with Crippen molar-refractivity contribution in [3.05, 3.63) is 30.3 Å². The zero-order valence-electron chi connectivity index (χ0n) is 8.88. The van der Waals surface area contributed by atoms with Crippen molar-refractivity contribution >= 4 is 11.7 Å². The van der Waals surface area contributed by atoms with Crippen LogP contribution in [0.15, 0.2) is 40.3 Å². The number of hydrogen-bond donors (Lipinski definition) is 0. The summed E-state index contributed by atoms with van der Waals surface area (Å²) in [6.45, 7) is 0.392. The number of hydrogen-bond acceptors (Lipinski definition) is 4. The highest BCUT2D eigenvalue weighted by molar-refractivity contribution is 5.51. The lowest BCUT2D eigenvalue weighted by atomic mass is 10.3. The molecule has 1 rings (SSSR count). The molecule has 0 bridgehead atoms. The number of methoxy groups -OCH3 is 2. The summed E-state index contributed by atoms with van der Waals surface area (Å²) in [4.78, 5) is 7.96. The van der Waals surface area contributed by atoms with Crippen LogP contribution in [0.3, 0.4) is 0 Å². The van der Waals surface area contributed by atoms with E-state index in [1.165, 1.54) is 0 Å². The van der Waals surface area contributed by atoms with Gasteiger partial charge in [-0.2, -0.15) is 4.99 Å². The monoisotopic (exact) mass is 206 g/mol. The average molecular weight is 206 g/mol. The van der Waals surface area contributed by atoms with Crippen LogP contribution >= 0.6 is 0 Å². The Morgan fingerprint density at radius 3 is 2.47 bits per heavy atom. The fourth-order valence-corrected chi connectivity index (χ4v) is 0.956. The summed E-state index contributed by atoms with van der Waals surface area (Å²) in [6, 6.07) is 12.1. The summed E-state index contributed by atoms with van der Waals surface area (Å²) in [5.41, 5.74) is 0.827.